The summed E-state index contributed by atoms with van der Waals surface area (Å²) in [6.45, 7) is 3.45. The second kappa shape index (κ2) is 8.33. The average Bonchev–Trinajstić information content (AvgIpc) is 3.26. The number of carbonyl (C=O) groups excluding carboxylic acids is 2. The van der Waals surface area contributed by atoms with Crippen LogP contribution in [0.4, 0.5) is 5.69 Å². The van der Waals surface area contributed by atoms with Gasteiger partial charge in [-0.25, -0.2) is 0 Å². The van der Waals surface area contributed by atoms with Crippen molar-refractivity contribution in [1.29, 1.82) is 0 Å². The molecule has 0 aromatic heterocycles. The summed E-state index contributed by atoms with van der Waals surface area (Å²) < 4.78 is 0. The van der Waals surface area contributed by atoms with Crippen LogP contribution in [0.15, 0.2) is 48.5 Å². The molecule has 1 aliphatic heterocycles. The maximum Gasteiger partial charge on any atom is 0.255 e. The molecule has 5 nitrogen and oxygen atoms in total. The molecule has 3 atom stereocenters. The Bertz CT molecular complexity index is 871. The first-order chi connectivity index (χ1) is 13.0. The summed E-state index contributed by atoms with van der Waals surface area (Å²) in [5.41, 5.74) is 8.99. The van der Waals surface area contributed by atoms with Crippen molar-refractivity contribution in [3.8, 4) is 0 Å². The van der Waals surface area contributed by atoms with Crippen LogP contribution in [0.3, 0.4) is 0 Å². The highest BCUT2D eigenvalue weighted by molar-refractivity contribution is 6.05. The normalized spacial score (nSPS) is 23.1. The fraction of sp³-hybridized carbons (Fsp3) is 0.364. The molecule has 3 unspecified atom stereocenters. The summed E-state index contributed by atoms with van der Waals surface area (Å²) in [6.07, 6.45) is 2.18. The third-order valence-electron chi connectivity index (χ3n) is 5.97. The number of hydrogen-bond acceptors (Lipinski definition) is 3. The highest BCUT2D eigenvalue weighted by Gasteiger charge is 2.42. The maximum atomic E-state index is 13.0. The Labute approximate surface area is 171 Å². The van der Waals surface area contributed by atoms with Crippen molar-refractivity contribution in [1.82, 2.24) is 4.90 Å². The zero-order valence-electron chi connectivity index (χ0n) is 15.9. The highest BCUT2D eigenvalue weighted by atomic mass is 35.5. The van der Waals surface area contributed by atoms with Crippen molar-refractivity contribution in [3.63, 3.8) is 0 Å². The molecule has 2 aromatic rings. The fourth-order valence-electron chi connectivity index (χ4n) is 4.33. The van der Waals surface area contributed by atoms with Gasteiger partial charge in [0.05, 0.1) is 0 Å². The molecule has 0 spiro atoms. The Balaban J connectivity index is 0.00000225. The van der Waals surface area contributed by atoms with E-state index >= 15 is 0 Å². The van der Waals surface area contributed by atoms with Gasteiger partial charge in [0, 0.05) is 35.9 Å². The second-order valence-electron chi connectivity index (χ2n) is 7.73. The number of carbonyl (C=O) groups is 2. The lowest BCUT2D eigenvalue weighted by Gasteiger charge is -2.19. The number of hydrogen-bond donors (Lipinski definition) is 2. The van der Waals surface area contributed by atoms with Gasteiger partial charge in [0.2, 0.25) is 0 Å². The van der Waals surface area contributed by atoms with E-state index in [9.17, 15) is 9.59 Å². The van der Waals surface area contributed by atoms with Crippen LogP contribution in [0.2, 0.25) is 0 Å². The van der Waals surface area contributed by atoms with Crippen LogP contribution in [0.25, 0.3) is 0 Å². The number of amides is 2. The Kier molecular flexibility index (Phi) is 6.06. The van der Waals surface area contributed by atoms with E-state index in [-0.39, 0.29) is 30.3 Å². The fourth-order valence-corrected chi connectivity index (χ4v) is 4.33. The molecule has 2 fully saturated rings. The molecule has 2 aromatic carbocycles. The van der Waals surface area contributed by atoms with Gasteiger partial charge in [0.1, 0.15) is 0 Å². The molecule has 4 rings (SSSR count). The van der Waals surface area contributed by atoms with E-state index in [4.69, 9.17) is 5.73 Å². The smallest absolute Gasteiger partial charge is 0.255 e. The van der Waals surface area contributed by atoms with Crippen LogP contribution in [-0.4, -0.2) is 35.8 Å². The largest absolute Gasteiger partial charge is 0.338 e. The predicted octanol–water partition coefficient (Wildman–Crippen LogP) is 3.48. The minimum Gasteiger partial charge on any atom is -0.338 e. The average molecular weight is 400 g/mol. The van der Waals surface area contributed by atoms with Gasteiger partial charge in [0.15, 0.2) is 0 Å². The summed E-state index contributed by atoms with van der Waals surface area (Å²) in [5, 5.41) is 2.93. The minimum absolute atomic E-state index is 0. The first kappa shape index (κ1) is 20.4. The first-order valence-electron chi connectivity index (χ1n) is 9.55. The summed E-state index contributed by atoms with van der Waals surface area (Å²) in [7, 11) is 0. The third kappa shape index (κ3) is 3.91. The van der Waals surface area contributed by atoms with Crippen molar-refractivity contribution < 1.29 is 9.59 Å². The Morgan fingerprint density at radius 3 is 2.50 bits per heavy atom. The van der Waals surface area contributed by atoms with Gasteiger partial charge in [-0.3, -0.25) is 9.59 Å². The number of likely N-dealkylation sites (tertiary alicyclic amines) is 1. The molecule has 3 N–H and O–H groups in total. The molecule has 148 valence electrons. The number of rotatable bonds is 3. The van der Waals surface area contributed by atoms with Crippen molar-refractivity contribution in [2.75, 3.05) is 18.4 Å². The lowest BCUT2D eigenvalue weighted by atomic mass is 9.98. The lowest BCUT2D eigenvalue weighted by Crippen LogP contribution is -2.33. The number of anilines is 1. The van der Waals surface area contributed by atoms with Crippen LogP contribution in [0, 0.1) is 18.8 Å². The van der Waals surface area contributed by atoms with E-state index < -0.39 is 0 Å². The minimum atomic E-state index is -0.176. The third-order valence-corrected chi connectivity index (χ3v) is 5.97. The molecule has 0 bridgehead atoms. The van der Waals surface area contributed by atoms with E-state index in [1.807, 2.05) is 42.2 Å². The molecule has 0 radical (unpaired) electrons. The van der Waals surface area contributed by atoms with Crippen molar-refractivity contribution in [2.45, 2.75) is 25.8 Å². The second-order valence-corrected chi connectivity index (χ2v) is 7.73. The van der Waals surface area contributed by atoms with E-state index in [1.54, 1.807) is 18.2 Å². The Hall–Kier alpha value is -2.37. The number of halogens is 1. The quantitative estimate of drug-likeness (QED) is 0.829. The van der Waals surface area contributed by atoms with Gasteiger partial charge in [-0.2, -0.15) is 0 Å². The Morgan fingerprint density at radius 1 is 1.04 bits per heavy atom. The summed E-state index contributed by atoms with van der Waals surface area (Å²) >= 11 is 0. The van der Waals surface area contributed by atoms with Crippen LogP contribution < -0.4 is 11.1 Å². The first-order valence-corrected chi connectivity index (χ1v) is 9.55. The zero-order chi connectivity index (χ0) is 19.0. The van der Waals surface area contributed by atoms with Gasteiger partial charge in [-0.15, -0.1) is 12.4 Å². The van der Waals surface area contributed by atoms with E-state index in [1.165, 1.54) is 0 Å². The standard InChI is InChI=1S/C22H25N3O2.ClH/c1-14-7-8-16(11-20(14)24-21(26)15-5-3-2-4-6-15)22(27)25-12-17-9-10-19(23)18(17)13-25;/h2-8,11,17-19H,9-10,12-13,23H2,1H3,(H,24,26);1H. The number of aryl methyl sites for hydroxylation is 1. The predicted molar refractivity (Wildman–Crippen MR) is 113 cm³/mol. The molecule has 1 heterocycles. The van der Waals surface area contributed by atoms with Gasteiger partial charge >= 0.3 is 0 Å². The molecular weight excluding hydrogens is 374 g/mol. The molecular formula is C22H26ClN3O2. The van der Waals surface area contributed by atoms with E-state index in [2.05, 4.69) is 5.32 Å². The van der Waals surface area contributed by atoms with Gasteiger partial charge in [-0.1, -0.05) is 24.3 Å². The molecule has 1 saturated carbocycles. The van der Waals surface area contributed by atoms with E-state index in [0.29, 0.717) is 28.7 Å². The zero-order valence-corrected chi connectivity index (χ0v) is 16.7. The molecule has 28 heavy (non-hydrogen) atoms. The van der Waals surface area contributed by atoms with E-state index in [0.717, 1.165) is 31.5 Å². The molecule has 2 aliphatic rings. The number of benzene rings is 2. The van der Waals surface area contributed by atoms with Crippen LogP contribution in [0.1, 0.15) is 39.1 Å². The van der Waals surface area contributed by atoms with Crippen molar-refractivity contribution >= 4 is 29.9 Å². The SMILES string of the molecule is Cc1ccc(C(=O)N2CC3CCC(N)C3C2)cc1NC(=O)c1ccccc1.Cl. The summed E-state index contributed by atoms with van der Waals surface area (Å²) in [5.74, 6) is 0.806. The monoisotopic (exact) mass is 399 g/mol. The highest BCUT2D eigenvalue weighted by Crippen LogP contribution is 2.37. The molecule has 1 saturated heterocycles. The number of fused-ring (bicyclic) bond motifs is 1. The lowest BCUT2D eigenvalue weighted by molar-refractivity contribution is 0.0779. The van der Waals surface area contributed by atoms with Crippen LogP contribution >= 0.6 is 12.4 Å². The molecule has 1 aliphatic carbocycles. The number of nitrogens with one attached hydrogen (secondary N) is 1. The summed E-state index contributed by atoms with van der Waals surface area (Å²) in [6, 6.07) is 14.8. The molecule has 6 heteroatoms. The number of nitrogens with two attached hydrogens (primary N) is 1. The molecule has 2 amide bonds. The maximum absolute atomic E-state index is 13.0. The van der Waals surface area contributed by atoms with Gasteiger partial charge in [0.25, 0.3) is 11.8 Å². The van der Waals surface area contributed by atoms with Crippen molar-refractivity contribution in [2.24, 2.45) is 17.6 Å². The van der Waals surface area contributed by atoms with Gasteiger partial charge in [-0.05, 0) is 61.4 Å². The summed E-state index contributed by atoms with van der Waals surface area (Å²) in [4.78, 5) is 27.3. The topological polar surface area (TPSA) is 75.4 Å². The van der Waals surface area contributed by atoms with Crippen LogP contribution in [-0.2, 0) is 0 Å². The van der Waals surface area contributed by atoms with Gasteiger partial charge < -0.3 is 16.0 Å². The Morgan fingerprint density at radius 2 is 1.79 bits per heavy atom. The number of nitrogens with zero attached hydrogens (tertiary/aromatic N) is 1. The van der Waals surface area contributed by atoms with Crippen LogP contribution in [0.5, 0.6) is 0 Å². The van der Waals surface area contributed by atoms with Crippen molar-refractivity contribution in [3.05, 3.63) is 65.2 Å².